The molecule has 1 aromatic rings. The summed E-state index contributed by atoms with van der Waals surface area (Å²) in [6.07, 6.45) is 2.60. The second-order valence-corrected chi connectivity index (χ2v) is 3.99. The fourth-order valence-electron chi connectivity index (χ4n) is 1.54. The van der Waals surface area contributed by atoms with Gasteiger partial charge < -0.3 is 10.1 Å². The van der Waals surface area contributed by atoms with E-state index < -0.39 is 0 Å². The Morgan fingerprint density at radius 2 is 2.27 bits per heavy atom. The molecule has 2 rings (SSSR count). The second kappa shape index (κ2) is 4.62. The maximum atomic E-state index is 5.54. The monoisotopic (exact) mass is 206 g/mol. The Kier molecular flexibility index (Phi) is 3.21. The quantitative estimate of drug-likeness (QED) is 0.800. The lowest BCUT2D eigenvalue weighted by Gasteiger charge is -2.10. The standard InChI is InChI=1S/C12H18N2O/c1-3-15-12-7-4-9(2)14-11(12)8-13-10-5-6-10/h4,7,10,13H,3,5-6,8H2,1-2H3. The van der Waals surface area contributed by atoms with Crippen LogP contribution in [-0.4, -0.2) is 17.6 Å². The molecule has 0 radical (unpaired) electrons. The first-order valence-corrected chi connectivity index (χ1v) is 5.62. The normalized spacial score (nSPS) is 15.3. The number of rotatable bonds is 5. The molecule has 1 fully saturated rings. The fourth-order valence-corrected chi connectivity index (χ4v) is 1.54. The predicted octanol–water partition coefficient (Wildman–Crippen LogP) is 2.04. The molecule has 0 atom stereocenters. The van der Waals surface area contributed by atoms with E-state index in [1.807, 2.05) is 26.0 Å². The maximum absolute atomic E-state index is 5.54. The largest absolute Gasteiger partial charge is 0.492 e. The molecule has 0 saturated heterocycles. The van der Waals surface area contributed by atoms with E-state index in [9.17, 15) is 0 Å². The molecule has 0 aromatic carbocycles. The summed E-state index contributed by atoms with van der Waals surface area (Å²) in [5.74, 6) is 0.913. The summed E-state index contributed by atoms with van der Waals surface area (Å²) >= 11 is 0. The fraction of sp³-hybridized carbons (Fsp3) is 0.583. The van der Waals surface area contributed by atoms with Gasteiger partial charge in [0.05, 0.1) is 12.3 Å². The minimum Gasteiger partial charge on any atom is -0.492 e. The van der Waals surface area contributed by atoms with Crippen molar-refractivity contribution in [3.05, 3.63) is 23.5 Å². The Morgan fingerprint density at radius 3 is 2.93 bits per heavy atom. The van der Waals surface area contributed by atoms with Crippen LogP contribution in [0.25, 0.3) is 0 Å². The van der Waals surface area contributed by atoms with Gasteiger partial charge in [0, 0.05) is 18.3 Å². The van der Waals surface area contributed by atoms with E-state index in [1.165, 1.54) is 12.8 Å². The van der Waals surface area contributed by atoms with Crippen molar-refractivity contribution in [3.8, 4) is 5.75 Å². The van der Waals surface area contributed by atoms with Crippen LogP contribution in [0.1, 0.15) is 31.2 Å². The molecular weight excluding hydrogens is 188 g/mol. The van der Waals surface area contributed by atoms with Crippen molar-refractivity contribution in [1.82, 2.24) is 10.3 Å². The Labute approximate surface area is 90.9 Å². The lowest BCUT2D eigenvalue weighted by molar-refractivity contribution is 0.333. The average molecular weight is 206 g/mol. The van der Waals surface area contributed by atoms with E-state index in [0.29, 0.717) is 12.6 Å². The van der Waals surface area contributed by atoms with Gasteiger partial charge >= 0.3 is 0 Å². The summed E-state index contributed by atoms with van der Waals surface area (Å²) in [5.41, 5.74) is 2.08. The molecule has 1 aliphatic rings. The molecule has 3 heteroatoms. The zero-order chi connectivity index (χ0) is 10.7. The van der Waals surface area contributed by atoms with Gasteiger partial charge in [-0.05, 0) is 38.8 Å². The Balaban J connectivity index is 2.05. The molecule has 1 saturated carbocycles. The molecule has 0 bridgehead atoms. The minimum absolute atomic E-state index is 0.696. The van der Waals surface area contributed by atoms with Crippen LogP contribution in [-0.2, 0) is 6.54 Å². The highest BCUT2D eigenvalue weighted by Crippen LogP contribution is 2.21. The zero-order valence-corrected chi connectivity index (χ0v) is 9.42. The minimum atomic E-state index is 0.696. The van der Waals surface area contributed by atoms with Crippen molar-refractivity contribution in [3.63, 3.8) is 0 Å². The Hall–Kier alpha value is -1.09. The SMILES string of the molecule is CCOc1ccc(C)nc1CNC1CC1. The Morgan fingerprint density at radius 1 is 1.47 bits per heavy atom. The summed E-state index contributed by atoms with van der Waals surface area (Å²) in [5, 5.41) is 3.46. The highest BCUT2D eigenvalue weighted by atomic mass is 16.5. The molecule has 1 heterocycles. The van der Waals surface area contributed by atoms with Crippen molar-refractivity contribution < 1.29 is 4.74 Å². The number of ether oxygens (including phenoxy) is 1. The van der Waals surface area contributed by atoms with E-state index >= 15 is 0 Å². The zero-order valence-electron chi connectivity index (χ0n) is 9.42. The summed E-state index contributed by atoms with van der Waals surface area (Å²) in [4.78, 5) is 4.50. The van der Waals surface area contributed by atoms with Crippen molar-refractivity contribution in [2.24, 2.45) is 0 Å². The molecule has 3 nitrogen and oxygen atoms in total. The van der Waals surface area contributed by atoms with E-state index in [1.54, 1.807) is 0 Å². The Bertz CT molecular complexity index is 334. The van der Waals surface area contributed by atoms with Crippen LogP contribution in [0.2, 0.25) is 0 Å². The number of aromatic nitrogens is 1. The third-order valence-electron chi connectivity index (χ3n) is 2.51. The maximum Gasteiger partial charge on any atom is 0.142 e. The predicted molar refractivity (Wildman–Crippen MR) is 60.0 cm³/mol. The van der Waals surface area contributed by atoms with Crippen molar-refractivity contribution >= 4 is 0 Å². The average Bonchev–Trinajstić information content (AvgIpc) is 3.02. The molecule has 1 aliphatic carbocycles. The molecule has 15 heavy (non-hydrogen) atoms. The van der Waals surface area contributed by atoms with Crippen LogP contribution in [0.3, 0.4) is 0 Å². The highest BCUT2D eigenvalue weighted by molar-refractivity contribution is 5.29. The molecule has 0 amide bonds. The summed E-state index contributed by atoms with van der Waals surface area (Å²) in [6.45, 7) is 5.52. The van der Waals surface area contributed by atoms with Gasteiger partial charge in [-0.15, -0.1) is 0 Å². The molecule has 1 N–H and O–H groups in total. The number of hydrogen-bond donors (Lipinski definition) is 1. The van der Waals surface area contributed by atoms with Gasteiger partial charge in [-0.3, -0.25) is 4.98 Å². The third kappa shape index (κ3) is 2.93. The topological polar surface area (TPSA) is 34.1 Å². The van der Waals surface area contributed by atoms with Gasteiger partial charge in [-0.25, -0.2) is 0 Å². The first-order chi connectivity index (χ1) is 7.29. The van der Waals surface area contributed by atoms with Crippen LogP contribution in [0.5, 0.6) is 5.75 Å². The number of hydrogen-bond acceptors (Lipinski definition) is 3. The number of nitrogens with zero attached hydrogens (tertiary/aromatic N) is 1. The summed E-state index contributed by atoms with van der Waals surface area (Å²) < 4.78 is 5.54. The lowest BCUT2D eigenvalue weighted by atomic mass is 10.3. The van der Waals surface area contributed by atoms with Crippen molar-refractivity contribution in [2.75, 3.05) is 6.61 Å². The van der Waals surface area contributed by atoms with Gasteiger partial charge in [0.15, 0.2) is 0 Å². The summed E-state index contributed by atoms with van der Waals surface area (Å²) in [6, 6.07) is 4.71. The van der Waals surface area contributed by atoms with Gasteiger partial charge in [0.2, 0.25) is 0 Å². The molecule has 82 valence electrons. The van der Waals surface area contributed by atoms with Crippen molar-refractivity contribution in [1.29, 1.82) is 0 Å². The molecular formula is C12H18N2O. The van der Waals surface area contributed by atoms with Gasteiger partial charge in [-0.2, -0.15) is 0 Å². The summed E-state index contributed by atoms with van der Waals surface area (Å²) in [7, 11) is 0. The van der Waals surface area contributed by atoms with Crippen LogP contribution in [0.4, 0.5) is 0 Å². The van der Waals surface area contributed by atoms with Gasteiger partial charge in [-0.1, -0.05) is 0 Å². The van der Waals surface area contributed by atoms with Crippen LogP contribution >= 0.6 is 0 Å². The van der Waals surface area contributed by atoms with E-state index in [4.69, 9.17) is 4.74 Å². The van der Waals surface area contributed by atoms with E-state index in [-0.39, 0.29) is 0 Å². The number of pyridine rings is 1. The van der Waals surface area contributed by atoms with Crippen LogP contribution in [0, 0.1) is 6.92 Å². The van der Waals surface area contributed by atoms with Crippen molar-refractivity contribution in [2.45, 2.75) is 39.3 Å². The van der Waals surface area contributed by atoms with Gasteiger partial charge in [0.25, 0.3) is 0 Å². The number of aryl methyl sites for hydroxylation is 1. The van der Waals surface area contributed by atoms with E-state index in [2.05, 4.69) is 10.3 Å². The highest BCUT2D eigenvalue weighted by Gasteiger charge is 2.20. The smallest absolute Gasteiger partial charge is 0.142 e. The molecule has 1 aromatic heterocycles. The van der Waals surface area contributed by atoms with E-state index in [0.717, 1.165) is 23.7 Å². The molecule has 0 aliphatic heterocycles. The molecule has 0 unspecified atom stereocenters. The lowest BCUT2D eigenvalue weighted by Crippen LogP contribution is -2.17. The second-order valence-electron chi connectivity index (χ2n) is 3.99. The number of nitrogens with one attached hydrogen (secondary N) is 1. The first-order valence-electron chi connectivity index (χ1n) is 5.62. The third-order valence-corrected chi connectivity index (χ3v) is 2.51. The molecule has 0 spiro atoms. The van der Waals surface area contributed by atoms with Crippen LogP contribution < -0.4 is 10.1 Å². The first kappa shape index (κ1) is 10.4. The van der Waals surface area contributed by atoms with Gasteiger partial charge in [0.1, 0.15) is 5.75 Å². The van der Waals surface area contributed by atoms with Crippen LogP contribution in [0.15, 0.2) is 12.1 Å².